The predicted octanol–water partition coefficient (Wildman–Crippen LogP) is 3.12. The molecule has 0 aromatic heterocycles. The Kier molecular flexibility index (Phi) is 7.32. The zero-order valence-corrected chi connectivity index (χ0v) is 11.7. The normalized spacial score (nSPS) is 10.6. The first-order chi connectivity index (χ1) is 9.27. The number of benzene rings is 1. The van der Waals surface area contributed by atoms with Crippen molar-refractivity contribution in [2.24, 2.45) is 5.10 Å². The van der Waals surface area contributed by atoms with E-state index in [-0.39, 0.29) is 5.91 Å². The third-order valence-corrected chi connectivity index (χ3v) is 2.62. The van der Waals surface area contributed by atoms with Crippen molar-refractivity contribution in [1.29, 1.82) is 0 Å². The molecule has 1 amide bonds. The molecule has 104 valence electrons. The third kappa shape index (κ3) is 6.04. The van der Waals surface area contributed by atoms with E-state index in [1.807, 2.05) is 31.2 Å². The number of unbranched alkanes of at least 4 members (excludes halogenated alkanes) is 2. The van der Waals surface area contributed by atoms with Crippen molar-refractivity contribution in [3.63, 3.8) is 0 Å². The first kappa shape index (κ1) is 15.2. The van der Waals surface area contributed by atoms with Gasteiger partial charge in [0.15, 0.2) is 0 Å². The van der Waals surface area contributed by atoms with Gasteiger partial charge in [-0.1, -0.05) is 31.9 Å². The van der Waals surface area contributed by atoms with Crippen LogP contribution in [0.15, 0.2) is 29.4 Å². The van der Waals surface area contributed by atoms with Gasteiger partial charge in [0.25, 0.3) is 0 Å². The molecule has 0 unspecified atom stereocenters. The van der Waals surface area contributed by atoms with Crippen LogP contribution in [0.25, 0.3) is 0 Å². The number of hydrogen-bond donors (Lipinski definition) is 1. The van der Waals surface area contributed by atoms with E-state index >= 15 is 0 Å². The molecule has 1 rings (SSSR count). The summed E-state index contributed by atoms with van der Waals surface area (Å²) in [5, 5.41) is 3.96. The Hall–Kier alpha value is -1.84. The van der Waals surface area contributed by atoms with Gasteiger partial charge in [-0.2, -0.15) is 5.10 Å². The van der Waals surface area contributed by atoms with Gasteiger partial charge in [-0.05, 0) is 25.5 Å². The van der Waals surface area contributed by atoms with Gasteiger partial charge >= 0.3 is 0 Å². The quantitative estimate of drug-likeness (QED) is 0.444. The average Bonchev–Trinajstić information content (AvgIpc) is 2.41. The van der Waals surface area contributed by atoms with Crippen molar-refractivity contribution < 1.29 is 9.53 Å². The molecule has 0 bridgehead atoms. The number of rotatable bonds is 8. The van der Waals surface area contributed by atoms with E-state index in [4.69, 9.17) is 4.74 Å². The Morgan fingerprint density at radius 3 is 2.84 bits per heavy atom. The van der Waals surface area contributed by atoms with E-state index in [1.165, 1.54) is 0 Å². The molecular formula is C15H22N2O2. The van der Waals surface area contributed by atoms with E-state index in [0.717, 1.165) is 30.6 Å². The Morgan fingerprint density at radius 1 is 1.32 bits per heavy atom. The highest BCUT2D eigenvalue weighted by Gasteiger charge is 2.00. The van der Waals surface area contributed by atoms with Crippen molar-refractivity contribution in [1.82, 2.24) is 5.43 Å². The van der Waals surface area contributed by atoms with E-state index in [0.29, 0.717) is 13.0 Å². The van der Waals surface area contributed by atoms with Gasteiger partial charge in [-0.15, -0.1) is 0 Å². The average molecular weight is 262 g/mol. The molecule has 0 atom stereocenters. The Morgan fingerprint density at radius 2 is 2.11 bits per heavy atom. The first-order valence-electron chi connectivity index (χ1n) is 6.81. The Balaban J connectivity index is 2.45. The molecule has 0 saturated carbocycles. The number of amides is 1. The molecule has 0 spiro atoms. The van der Waals surface area contributed by atoms with Crippen LogP contribution in [0.4, 0.5) is 0 Å². The lowest BCUT2D eigenvalue weighted by Gasteiger charge is -2.05. The van der Waals surface area contributed by atoms with Crippen LogP contribution >= 0.6 is 0 Å². The zero-order chi connectivity index (χ0) is 13.9. The summed E-state index contributed by atoms with van der Waals surface area (Å²) in [5.41, 5.74) is 3.39. The summed E-state index contributed by atoms with van der Waals surface area (Å²) >= 11 is 0. The molecule has 19 heavy (non-hydrogen) atoms. The zero-order valence-electron chi connectivity index (χ0n) is 11.7. The van der Waals surface area contributed by atoms with Gasteiger partial charge in [-0.3, -0.25) is 4.79 Å². The van der Waals surface area contributed by atoms with Gasteiger partial charge < -0.3 is 4.74 Å². The van der Waals surface area contributed by atoms with Gasteiger partial charge in [0.1, 0.15) is 5.75 Å². The van der Waals surface area contributed by atoms with Crippen LogP contribution in [-0.4, -0.2) is 18.7 Å². The standard InChI is InChI=1S/C15H22N2O2/c1-3-5-6-11-15(18)17-16-12-13-9-7-8-10-14(13)19-4-2/h7-10,12H,3-6,11H2,1-2H3,(H,17,18)/b16-12+. The molecule has 4 nitrogen and oxygen atoms in total. The lowest BCUT2D eigenvalue weighted by Crippen LogP contribution is -2.16. The summed E-state index contributed by atoms with van der Waals surface area (Å²) in [6.07, 6.45) is 5.23. The second-order valence-electron chi connectivity index (χ2n) is 4.22. The molecule has 0 aliphatic carbocycles. The molecule has 0 fully saturated rings. The Labute approximate surface area is 114 Å². The number of hydrazone groups is 1. The Bertz CT molecular complexity index is 416. The highest BCUT2D eigenvalue weighted by Crippen LogP contribution is 2.15. The lowest BCUT2D eigenvalue weighted by molar-refractivity contribution is -0.121. The fraction of sp³-hybridized carbons (Fsp3) is 0.467. The fourth-order valence-corrected chi connectivity index (χ4v) is 1.64. The molecule has 1 aromatic carbocycles. The van der Waals surface area contributed by atoms with Crippen molar-refractivity contribution in [2.45, 2.75) is 39.5 Å². The minimum absolute atomic E-state index is 0.0430. The van der Waals surface area contributed by atoms with Crippen LogP contribution in [0.3, 0.4) is 0 Å². The summed E-state index contributed by atoms with van der Waals surface area (Å²) in [6, 6.07) is 7.60. The maximum Gasteiger partial charge on any atom is 0.240 e. The predicted molar refractivity (Wildman–Crippen MR) is 77.5 cm³/mol. The summed E-state index contributed by atoms with van der Waals surface area (Å²) in [6.45, 7) is 4.65. The summed E-state index contributed by atoms with van der Waals surface area (Å²) in [5.74, 6) is 0.729. The summed E-state index contributed by atoms with van der Waals surface area (Å²) in [4.78, 5) is 11.5. The maximum absolute atomic E-state index is 11.5. The summed E-state index contributed by atoms with van der Waals surface area (Å²) in [7, 11) is 0. The second kappa shape index (κ2) is 9.14. The van der Waals surface area contributed by atoms with Gasteiger partial charge in [-0.25, -0.2) is 5.43 Å². The van der Waals surface area contributed by atoms with Crippen molar-refractivity contribution >= 4 is 12.1 Å². The minimum atomic E-state index is -0.0430. The molecule has 0 heterocycles. The first-order valence-corrected chi connectivity index (χ1v) is 6.81. The van der Waals surface area contributed by atoms with Crippen LogP contribution in [0.2, 0.25) is 0 Å². The van der Waals surface area contributed by atoms with E-state index < -0.39 is 0 Å². The van der Waals surface area contributed by atoms with E-state index in [2.05, 4.69) is 17.5 Å². The fourth-order valence-electron chi connectivity index (χ4n) is 1.64. The molecule has 0 radical (unpaired) electrons. The SMILES string of the molecule is CCCCCC(=O)N/N=C/c1ccccc1OCC. The molecule has 1 aromatic rings. The number of para-hydroxylation sites is 1. The largest absolute Gasteiger partial charge is 0.493 e. The lowest BCUT2D eigenvalue weighted by atomic mass is 10.2. The molecule has 0 saturated heterocycles. The van der Waals surface area contributed by atoms with Crippen LogP contribution in [0, 0.1) is 0 Å². The second-order valence-corrected chi connectivity index (χ2v) is 4.22. The number of carbonyl (C=O) groups is 1. The smallest absolute Gasteiger partial charge is 0.240 e. The number of hydrogen-bond acceptors (Lipinski definition) is 3. The molecular weight excluding hydrogens is 240 g/mol. The molecule has 4 heteroatoms. The van der Waals surface area contributed by atoms with Crippen LogP contribution in [0.5, 0.6) is 5.75 Å². The van der Waals surface area contributed by atoms with Crippen molar-refractivity contribution in [3.05, 3.63) is 29.8 Å². The van der Waals surface area contributed by atoms with Crippen LogP contribution in [-0.2, 0) is 4.79 Å². The molecule has 0 aliphatic heterocycles. The maximum atomic E-state index is 11.5. The van der Waals surface area contributed by atoms with Gasteiger partial charge in [0.2, 0.25) is 5.91 Å². The topological polar surface area (TPSA) is 50.7 Å². The molecule has 0 aliphatic rings. The van der Waals surface area contributed by atoms with Crippen molar-refractivity contribution in [3.8, 4) is 5.75 Å². The number of nitrogens with one attached hydrogen (secondary N) is 1. The van der Waals surface area contributed by atoms with Crippen LogP contribution < -0.4 is 10.2 Å². The number of carbonyl (C=O) groups excluding carboxylic acids is 1. The van der Waals surface area contributed by atoms with Crippen LogP contribution in [0.1, 0.15) is 45.1 Å². The summed E-state index contributed by atoms with van der Waals surface area (Å²) < 4.78 is 5.47. The monoisotopic (exact) mass is 262 g/mol. The number of nitrogens with zero attached hydrogens (tertiary/aromatic N) is 1. The van der Waals surface area contributed by atoms with E-state index in [9.17, 15) is 4.79 Å². The van der Waals surface area contributed by atoms with E-state index in [1.54, 1.807) is 6.21 Å². The number of ether oxygens (including phenoxy) is 1. The minimum Gasteiger partial charge on any atom is -0.493 e. The van der Waals surface area contributed by atoms with Crippen molar-refractivity contribution in [2.75, 3.05) is 6.61 Å². The highest BCUT2D eigenvalue weighted by atomic mass is 16.5. The van der Waals surface area contributed by atoms with Gasteiger partial charge in [0.05, 0.1) is 12.8 Å². The molecule has 1 N–H and O–H groups in total. The van der Waals surface area contributed by atoms with Gasteiger partial charge in [0, 0.05) is 12.0 Å². The third-order valence-electron chi connectivity index (χ3n) is 2.62. The highest BCUT2D eigenvalue weighted by molar-refractivity contribution is 5.85.